The number of rotatable bonds is 9. The highest BCUT2D eigenvalue weighted by molar-refractivity contribution is 5.93. The summed E-state index contributed by atoms with van der Waals surface area (Å²) in [5, 5.41) is 3.75. The van der Waals surface area contributed by atoms with Crippen LogP contribution < -0.4 is 20.3 Å². The highest BCUT2D eigenvalue weighted by Crippen LogP contribution is 2.36. The van der Waals surface area contributed by atoms with Gasteiger partial charge in [-0.1, -0.05) is 39.3 Å². The summed E-state index contributed by atoms with van der Waals surface area (Å²) < 4.78 is 13.3. The number of nitrogens with zero attached hydrogens (tertiary/aromatic N) is 2. The molecule has 1 N–H and O–H groups in total. The molecule has 1 aromatic carbocycles. The van der Waals surface area contributed by atoms with Crippen molar-refractivity contribution in [2.24, 2.45) is 5.92 Å². The molecule has 0 unspecified atom stereocenters. The van der Waals surface area contributed by atoms with E-state index < -0.39 is 6.09 Å². The third-order valence-electron chi connectivity index (χ3n) is 4.94. The quantitative estimate of drug-likeness (QED) is 0.476. The van der Waals surface area contributed by atoms with Crippen molar-refractivity contribution >= 4 is 16.9 Å². The van der Waals surface area contributed by atoms with Crippen LogP contribution >= 0.6 is 0 Å². The first-order valence-electron chi connectivity index (χ1n) is 11.2. The van der Waals surface area contributed by atoms with Crippen molar-refractivity contribution in [3.8, 4) is 22.9 Å². The smallest absolute Gasteiger partial charge is 0.414 e. The second-order valence-electron chi connectivity index (χ2n) is 8.04. The molecule has 7 heteroatoms. The summed E-state index contributed by atoms with van der Waals surface area (Å²) in [6, 6.07) is 11.2. The van der Waals surface area contributed by atoms with Gasteiger partial charge in [0.05, 0.1) is 17.7 Å². The Morgan fingerprint density at radius 1 is 1.16 bits per heavy atom. The fraction of sp³-hybridized carbons (Fsp3) is 0.400. The molecule has 170 valence electrons. The van der Waals surface area contributed by atoms with Crippen LogP contribution in [-0.4, -0.2) is 28.8 Å². The van der Waals surface area contributed by atoms with E-state index in [1.165, 1.54) is 4.57 Å². The fourth-order valence-electron chi connectivity index (χ4n) is 3.45. The van der Waals surface area contributed by atoms with E-state index in [4.69, 9.17) is 9.47 Å². The molecule has 0 radical (unpaired) electrons. The first-order valence-corrected chi connectivity index (χ1v) is 11.2. The lowest BCUT2D eigenvalue weighted by Crippen LogP contribution is -2.31. The zero-order valence-corrected chi connectivity index (χ0v) is 19.2. The van der Waals surface area contributed by atoms with Crippen LogP contribution in [-0.2, 0) is 6.54 Å². The standard InChI is InChI=1S/C25H31N3O4/c1-5-7-14-31-22-20-15-18(21-10-8-9-13-27-21)11-12-19(20)23(29)28(16-17(3)4)24(22)32-25(30)26-6-2/h8-13,15,17H,5-7,14,16H2,1-4H3,(H,26,30). The van der Waals surface area contributed by atoms with E-state index in [1.807, 2.05) is 44.2 Å². The number of carbonyl (C=O) groups is 1. The van der Waals surface area contributed by atoms with Gasteiger partial charge in [0.15, 0.2) is 5.75 Å². The molecule has 0 aliphatic carbocycles. The Morgan fingerprint density at radius 2 is 1.97 bits per heavy atom. The van der Waals surface area contributed by atoms with Crippen molar-refractivity contribution < 1.29 is 14.3 Å². The van der Waals surface area contributed by atoms with Crippen molar-refractivity contribution in [3.63, 3.8) is 0 Å². The molecule has 3 aromatic rings. The van der Waals surface area contributed by atoms with E-state index in [0.29, 0.717) is 36.2 Å². The number of hydrogen-bond donors (Lipinski definition) is 1. The van der Waals surface area contributed by atoms with Gasteiger partial charge in [-0.25, -0.2) is 4.79 Å². The lowest BCUT2D eigenvalue weighted by Gasteiger charge is -2.20. The van der Waals surface area contributed by atoms with Gasteiger partial charge in [0.2, 0.25) is 0 Å². The lowest BCUT2D eigenvalue weighted by molar-refractivity contribution is 0.191. The highest BCUT2D eigenvalue weighted by Gasteiger charge is 2.23. The summed E-state index contributed by atoms with van der Waals surface area (Å²) in [6.07, 6.45) is 2.90. The molecule has 0 aliphatic heterocycles. The van der Waals surface area contributed by atoms with Crippen LogP contribution in [0.4, 0.5) is 4.79 Å². The Labute approximate surface area is 188 Å². The molecule has 2 heterocycles. The molecule has 0 bridgehead atoms. The number of carbonyl (C=O) groups excluding carboxylic acids is 1. The number of benzene rings is 1. The number of hydrogen-bond acceptors (Lipinski definition) is 5. The maximum Gasteiger partial charge on any atom is 0.414 e. The third kappa shape index (κ3) is 5.28. The molecule has 32 heavy (non-hydrogen) atoms. The van der Waals surface area contributed by atoms with Gasteiger partial charge in [-0.05, 0) is 43.5 Å². The highest BCUT2D eigenvalue weighted by atomic mass is 16.6. The van der Waals surface area contributed by atoms with Crippen molar-refractivity contribution in [2.75, 3.05) is 13.2 Å². The van der Waals surface area contributed by atoms with E-state index in [1.54, 1.807) is 19.2 Å². The summed E-state index contributed by atoms with van der Waals surface area (Å²) in [5.74, 6) is 0.701. The Bertz CT molecular complexity index is 1120. The van der Waals surface area contributed by atoms with Crippen LogP contribution in [0.3, 0.4) is 0 Å². The van der Waals surface area contributed by atoms with Gasteiger partial charge in [0, 0.05) is 30.2 Å². The molecule has 0 atom stereocenters. The van der Waals surface area contributed by atoms with Gasteiger partial charge in [0.25, 0.3) is 11.4 Å². The zero-order chi connectivity index (χ0) is 23.1. The summed E-state index contributed by atoms with van der Waals surface area (Å²) in [5.41, 5.74) is 1.42. The van der Waals surface area contributed by atoms with Gasteiger partial charge >= 0.3 is 6.09 Å². The van der Waals surface area contributed by atoms with Crippen LogP contribution in [0.25, 0.3) is 22.0 Å². The molecule has 0 saturated carbocycles. The van der Waals surface area contributed by atoms with Crippen molar-refractivity contribution in [1.29, 1.82) is 0 Å². The predicted molar refractivity (Wildman–Crippen MR) is 126 cm³/mol. The number of fused-ring (bicyclic) bond motifs is 1. The first kappa shape index (κ1) is 23.3. The average molecular weight is 438 g/mol. The minimum Gasteiger partial charge on any atom is -0.487 e. The molecule has 3 rings (SSSR count). The van der Waals surface area contributed by atoms with Crippen molar-refractivity contribution in [2.45, 2.75) is 47.1 Å². The number of unbranched alkanes of at least 4 members (excludes halogenated alkanes) is 1. The molecular weight excluding hydrogens is 406 g/mol. The SMILES string of the molecule is CCCCOc1c(OC(=O)NCC)n(CC(C)C)c(=O)c2ccc(-c3ccccn3)cc12. The molecule has 1 amide bonds. The van der Waals surface area contributed by atoms with E-state index in [2.05, 4.69) is 17.2 Å². The molecule has 0 fully saturated rings. The number of aromatic nitrogens is 2. The lowest BCUT2D eigenvalue weighted by atomic mass is 10.0. The third-order valence-corrected chi connectivity index (χ3v) is 4.94. The molecule has 7 nitrogen and oxygen atoms in total. The van der Waals surface area contributed by atoms with Gasteiger partial charge in [-0.15, -0.1) is 0 Å². The van der Waals surface area contributed by atoms with E-state index in [-0.39, 0.29) is 17.4 Å². The number of amides is 1. The first-order chi connectivity index (χ1) is 15.5. The minimum absolute atomic E-state index is 0.136. The zero-order valence-electron chi connectivity index (χ0n) is 19.2. The second kappa shape index (κ2) is 10.8. The topological polar surface area (TPSA) is 82.5 Å². The van der Waals surface area contributed by atoms with Gasteiger partial charge in [-0.2, -0.15) is 0 Å². The molecule has 2 aromatic heterocycles. The summed E-state index contributed by atoms with van der Waals surface area (Å²) in [7, 11) is 0. The molecule has 0 spiro atoms. The maximum absolute atomic E-state index is 13.4. The van der Waals surface area contributed by atoms with Crippen LogP contribution in [0.15, 0.2) is 47.4 Å². The Balaban J connectivity index is 2.28. The van der Waals surface area contributed by atoms with Gasteiger partial charge in [0.1, 0.15) is 0 Å². The van der Waals surface area contributed by atoms with Crippen molar-refractivity contribution in [3.05, 3.63) is 52.9 Å². The largest absolute Gasteiger partial charge is 0.487 e. The van der Waals surface area contributed by atoms with Gasteiger partial charge in [-0.3, -0.25) is 14.3 Å². The minimum atomic E-state index is -0.620. The van der Waals surface area contributed by atoms with Crippen LogP contribution in [0.5, 0.6) is 11.6 Å². The van der Waals surface area contributed by atoms with Gasteiger partial charge < -0.3 is 14.8 Å². The Morgan fingerprint density at radius 3 is 2.62 bits per heavy atom. The summed E-state index contributed by atoms with van der Waals surface area (Å²) in [6.45, 7) is 9.16. The fourth-order valence-corrected chi connectivity index (χ4v) is 3.45. The Kier molecular flexibility index (Phi) is 7.87. The molecule has 0 aliphatic rings. The van der Waals surface area contributed by atoms with Crippen LogP contribution in [0.2, 0.25) is 0 Å². The second-order valence-corrected chi connectivity index (χ2v) is 8.04. The number of nitrogens with one attached hydrogen (secondary N) is 1. The van der Waals surface area contributed by atoms with E-state index in [0.717, 1.165) is 24.1 Å². The normalized spacial score (nSPS) is 11.0. The number of ether oxygens (including phenoxy) is 2. The number of pyridine rings is 2. The van der Waals surface area contributed by atoms with E-state index >= 15 is 0 Å². The van der Waals surface area contributed by atoms with E-state index in [9.17, 15) is 9.59 Å². The summed E-state index contributed by atoms with van der Waals surface area (Å²) >= 11 is 0. The monoisotopic (exact) mass is 437 g/mol. The van der Waals surface area contributed by atoms with Crippen molar-refractivity contribution in [1.82, 2.24) is 14.9 Å². The molecular formula is C25H31N3O4. The van der Waals surface area contributed by atoms with Crippen LogP contribution in [0, 0.1) is 5.92 Å². The maximum atomic E-state index is 13.4. The average Bonchev–Trinajstić information content (AvgIpc) is 2.78. The predicted octanol–water partition coefficient (Wildman–Crippen LogP) is 5.01. The molecule has 0 saturated heterocycles. The van der Waals surface area contributed by atoms with Crippen LogP contribution in [0.1, 0.15) is 40.5 Å². The summed E-state index contributed by atoms with van der Waals surface area (Å²) in [4.78, 5) is 30.2. The Hall–Kier alpha value is -3.35.